The quantitative estimate of drug-likeness (QED) is 0.584. The highest BCUT2D eigenvalue weighted by molar-refractivity contribution is 8.00. The van der Waals surface area contributed by atoms with E-state index in [2.05, 4.69) is 9.97 Å². The van der Waals surface area contributed by atoms with Gasteiger partial charge in [-0.15, -0.1) is 11.8 Å². The number of hydrogen-bond acceptors (Lipinski definition) is 7. The second kappa shape index (κ2) is 4.40. The monoisotopic (exact) mass is 244 g/mol. The third-order valence-corrected chi connectivity index (χ3v) is 3.94. The number of aliphatic hydroxyl groups excluding tert-OH is 2. The predicted octanol–water partition coefficient (Wildman–Crippen LogP) is -1.42. The molecule has 1 saturated heterocycles. The maximum Gasteiger partial charge on any atom is 0.353 e. The molecule has 1 fully saturated rings. The third kappa shape index (κ3) is 2.04. The number of aromatic nitrogens is 3. The van der Waals surface area contributed by atoms with Crippen LogP contribution in [0.1, 0.15) is 11.8 Å². The van der Waals surface area contributed by atoms with Gasteiger partial charge in [-0.3, -0.25) is 4.57 Å². The lowest BCUT2D eigenvalue weighted by atomic mass is 10.2. The van der Waals surface area contributed by atoms with E-state index in [1.165, 1.54) is 22.7 Å². The molecule has 0 amide bonds. The zero-order chi connectivity index (χ0) is 11.7. The van der Waals surface area contributed by atoms with Crippen LogP contribution in [0.15, 0.2) is 11.1 Å². The summed E-state index contributed by atoms with van der Waals surface area (Å²) in [5.74, 6) is -0.0857. The first-order valence-electron chi connectivity index (χ1n) is 4.77. The summed E-state index contributed by atoms with van der Waals surface area (Å²) in [6, 6.07) is 0. The molecule has 2 heterocycles. The predicted molar refractivity (Wildman–Crippen MR) is 58.8 cm³/mol. The molecule has 3 unspecified atom stereocenters. The molecule has 0 bridgehead atoms. The first-order chi connectivity index (χ1) is 7.61. The maximum absolute atomic E-state index is 11.5. The molecule has 1 aromatic heterocycles. The minimum Gasteiger partial charge on any atom is -0.395 e. The molecule has 0 saturated carbocycles. The SMILES string of the molecule is Nc1ncn(C2SC(CO)CC2O)c(=O)n1. The van der Waals surface area contributed by atoms with Gasteiger partial charge in [0.05, 0.1) is 12.7 Å². The highest BCUT2D eigenvalue weighted by Crippen LogP contribution is 2.40. The van der Waals surface area contributed by atoms with Gasteiger partial charge in [-0.1, -0.05) is 0 Å². The maximum atomic E-state index is 11.5. The first-order valence-corrected chi connectivity index (χ1v) is 5.71. The molecular formula is C8H12N4O3S. The summed E-state index contributed by atoms with van der Waals surface area (Å²) in [5, 5.41) is 18.2. The van der Waals surface area contributed by atoms with E-state index in [0.29, 0.717) is 6.42 Å². The molecule has 0 aliphatic carbocycles. The van der Waals surface area contributed by atoms with Crippen molar-refractivity contribution in [1.29, 1.82) is 0 Å². The molecule has 88 valence electrons. The van der Waals surface area contributed by atoms with E-state index in [1.807, 2.05) is 0 Å². The molecule has 1 aliphatic rings. The van der Waals surface area contributed by atoms with Crippen molar-refractivity contribution in [1.82, 2.24) is 14.5 Å². The van der Waals surface area contributed by atoms with Crippen LogP contribution >= 0.6 is 11.8 Å². The minimum atomic E-state index is -0.688. The lowest BCUT2D eigenvalue weighted by Gasteiger charge is -2.15. The highest BCUT2D eigenvalue weighted by Gasteiger charge is 2.35. The number of nitrogens with two attached hydrogens (primary N) is 1. The van der Waals surface area contributed by atoms with E-state index in [9.17, 15) is 9.90 Å². The molecule has 8 heteroatoms. The van der Waals surface area contributed by atoms with Crippen molar-refractivity contribution in [3.8, 4) is 0 Å². The van der Waals surface area contributed by atoms with Crippen molar-refractivity contribution in [3.05, 3.63) is 16.8 Å². The Labute approximate surface area is 95.3 Å². The van der Waals surface area contributed by atoms with Gasteiger partial charge >= 0.3 is 5.69 Å². The van der Waals surface area contributed by atoms with Gasteiger partial charge in [-0.25, -0.2) is 9.78 Å². The smallest absolute Gasteiger partial charge is 0.353 e. The zero-order valence-electron chi connectivity index (χ0n) is 8.35. The Morgan fingerprint density at radius 3 is 3.00 bits per heavy atom. The fourth-order valence-corrected chi connectivity index (χ4v) is 2.98. The molecule has 0 aromatic carbocycles. The lowest BCUT2D eigenvalue weighted by Crippen LogP contribution is -2.30. The Morgan fingerprint density at radius 2 is 2.44 bits per heavy atom. The van der Waals surface area contributed by atoms with Crippen LogP contribution in [0.5, 0.6) is 0 Å². The summed E-state index contributed by atoms with van der Waals surface area (Å²) in [4.78, 5) is 18.7. The fraction of sp³-hybridized carbons (Fsp3) is 0.625. The standard InChI is InChI=1S/C8H12N4O3S/c9-7-10-3-12(8(15)11-7)6-5(14)1-4(2-13)16-6/h3-6,13-14H,1-2H2,(H2,9,11,15). The van der Waals surface area contributed by atoms with Gasteiger partial charge in [0.25, 0.3) is 0 Å². The van der Waals surface area contributed by atoms with Crippen LogP contribution in [-0.2, 0) is 0 Å². The Morgan fingerprint density at radius 1 is 1.69 bits per heavy atom. The van der Waals surface area contributed by atoms with Gasteiger partial charge in [0, 0.05) is 5.25 Å². The van der Waals surface area contributed by atoms with Crippen LogP contribution in [0, 0.1) is 0 Å². The summed E-state index contributed by atoms with van der Waals surface area (Å²) in [6.07, 6.45) is 1.03. The second-order valence-corrected chi connectivity index (χ2v) is 4.96. The van der Waals surface area contributed by atoms with Crippen LogP contribution in [0.4, 0.5) is 5.95 Å². The normalized spacial score (nSPS) is 29.5. The van der Waals surface area contributed by atoms with E-state index in [-0.39, 0.29) is 17.8 Å². The molecule has 1 aromatic rings. The van der Waals surface area contributed by atoms with E-state index >= 15 is 0 Å². The zero-order valence-corrected chi connectivity index (χ0v) is 9.17. The first kappa shape index (κ1) is 11.4. The average Bonchev–Trinajstić information content (AvgIpc) is 2.60. The summed E-state index contributed by atoms with van der Waals surface area (Å²) in [7, 11) is 0. The molecule has 0 radical (unpaired) electrons. The number of anilines is 1. The van der Waals surface area contributed by atoms with Crippen molar-refractivity contribution in [3.63, 3.8) is 0 Å². The molecule has 16 heavy (non-hydrogen) atoms. The third-order valence-electron chi connectivity index (χ3n) is 2.39. The van der Waals surface area contributed by atoms with E-state index in [0.717, 1.165) is 0 Å². The highest BCUT2D eigenvalue weighted by atomic mass is 32.2. The molecule has 3 atom stereocenters. The molecule has 1 aliphatic heterocycles. The molecular weight excluding hydrogens is 232 g/mol. The number of nitrogen functional groups attached to an aromatic ring is 1. The van der Waals surface area contributed by atoms with E-state index in [1.54, 1.807) is 0 Å². The average molecular weight is 244 g/mol. The second-order valence-electron chi connectivity index (χ2n) is 3.54. The van der Waals surface area contributed by atoms with Crippen LogP contribution < -0.4 is 11.4 Å². The summed E-state index contributed by atoms with van der Waals surface area (Å²) < 4.78 is 1.24. The van der Waals surface area contributed by atoms with Gasteiger partial charge in [0.1, 0.15) is 11.7 Å². The molecule has 0 spiro atoms. The Balaban J connectivity index is 2.28. The summed E-state index contributed by atoms with van der Waals surface area (Å²) in [6.45, 7) is -0.0250. The van der Waals surface area contributed by atoms with Crippen molar-refractivity contribution in [2.75, 3.05) is 12.3 Å². The van der Waals surface area contributed by atoms with Gasteiger partial charge in [-0.2, -0.15) is 4.98 Å². The van der Waals surface area contributed by atoms with Crippen molar-refractivity contribution in [2.24, 2.45) is 0 Å². The van der Waals surface area contributed by atoms with Crippen LogP contribution in [0.3, 0.4) is 0 Å². The van der Waals surface area contributed by atoms with E-state index < -0.39 is 17.2 Å². The Bertz CT molecular complexity index is 438. The number of hydrogen-bond donors (Lipinski definition) is 3. The van der Waals surface area contributed by atoms with E-state index in [4.69, 9.17) is 10.8 Å². The van der Waals surface area contributed by atoms with Gasteiger partial charge < -0.3 is 15.9 Å². The van der Waals surface area contributed by atoms with Crippen LogP contribution in [-0.4, -0.2) is 42.7 Å². The fourth-order valence-electron chi connectivity index (χ4n) is 1.63. The Kier molecular flexibility index (Phi) is 3.13. The topological polar surface area (TPSA) is 114 Å². The van der Waals surface area contributed by atoms with Crippen molar-refractivity contribution >= 4 is 17.7 Å². The molecule has 4 N–H and O–H groups in total. The van der Waals surface area contributed by atoms with Gasteiger partial charge in [-0.05, 0) is 6.42 Å². The van der Waals surface area contributed by atoms with Gasteiger partial charge in [0.2, 0.25) is 5.95 Å². The molecule has 2 rings (SSSR count). The number of rotatable bonds is 2. The van der Waals surface area contributed by atoms with Gasteiger partial charge in [0.15, 0.2) is 0 Å². The minimum absolute atomic E-state index is 0.0250. The Hall–Kier alpha value is -1.12. The van der Waals surface area contributed by atoms with Crippen molar-refractivity contribution in [2.45, 2.75) is 23.1 Å². The lowest BCUT2D eigenvalue weighted by molar-refractivity contribution is 0.141. The summed E-state index contributed by atoms with van der Waals surface area (Å²) >= 11 is 1.33. The van der Waals surface area contributed by atoms with Crippen LogP contribution in [0.25, 0.3) is 0 Å². The summed E-state index contributed by atoms with van der Waals surface area (Å²) in [5.41, 5.74) is 4.73. The van der Waals surface area contributed by atoms with Crippen LogP contribution in [0.2, 0.25) is 0 Å². The van der Waals surface area contributed by atoms with Crippen molar-refractivity contribution < 1.29 is 10.2 Å². The number of nitrogens with zero attached hydrogens (tertiary/aromatic N) is 3. The number of thioether (sulfide) groups is 1. The number of aliphatic hydroxyl groups is 2. The largest absolute Gasteiger partial charge is 0.395 e. The molecule has 7 nitrogen and oxygen atoms in total.